The molecular formula is C18H28N4O3. The van der Waals surface area contributed by atoms with E-state index in [0.717, 1.165) is 11.3 Å². The fraction of sp³-hybridized carbons (Fsp3) is 0.722. The second-order valence-corrected chi connectivity index (χ2v) is 8.09. The van der Waals surface area contributed by atoms with E-state index in [1.54, 1.807) is 4.90 Å². The molecule has 0 saturated carbocycles. The van der Waals surface area contributed by atoms with E-state index >= 15 is 0 Å². The van der Waals surface area contributed by atoms with Crippen LogP contribution in [0.3, 0.4) is 0 Å². The van der Waals surface area contributed by atoms with Gasteiger partial charge in [0.1, 0.15) is 6.54 Å². The smallest absolute Gasteiger partial charge is 0.275 e. The highest BCUT2D eigenvalue weighted by Crippen LogP contribution is 2.32. The topological polar surface area (TPSA) is 78.5 Å². The van der Waals surface area contributed by atoms with Crippen molar-refractivity contribution >= 4 is 11.8 Å². The van der Waals surface area contributed by atoms with Crippen molar-refractivity contribution in [2.24, 2.45) is 0 Å². The highest BCUT2D eigenvalue weighted by Gasteiger charge is 2.42. The molecule has 0 bridgehead atoms. The Hall–Kier alpha value is -1.89. The Bertz CT molecular complexity index is 694. The lowest BCUT2D eigenvalue weighted by molar-refractivity contribution is -0.146. The van der Waals surface area contributed by atoms with Crippen LogP contribution in [0.2, 0.25) is 0 Å². The number of H-pyrrole nitrogens is 1. The molecule has 2 aliphatic heterocycles. The standard InChI is InChI=1S/C18H28N4O3/c1-10(2)22-14(23)8-21(9-18(22,5)6)17(24)16-13-7-11(3)25-12(4)15(13)19-20-16/h10-12H,7-9H2,1-6H3,(H,19,20)/t11-,12+/m0/s1. The van der Waals surface area contributed by atoms with Gasteiger partial charge in [0.15, 0.2) is 5.69 Å². The molecule has 7 heteroatoms. The minimum Gasteiger partial charge on any atom is -0.369 e. The van der Waals surface area contributed by atoms with Crippen molar-refractivity contribution in [2.45, 2.75) is 71.8 Å². The van der Waals surface area contributed by atoms with Gasteiger partial charge in [-0.1, -0.05) is 0 Å². The molecular weight excluding hydrogens is 320 g/mol. The van der Waals surface area contributed by atoms with Crippen LogP contribution in [0.15, 0.2) is 0 Å². The average molecular weight is 348 g/mol. The minimum atomic E-state index is -0.404. The first kappa shape index (κ1) is 17.9. The van der Waals surface area contributed by atoms with Gasteiger partial charge in [-0.25, -0.2) is 0 Å². The molecule has 3 rings (SSSR count). The summed E-state index contributed by atoms with van der Waals surface area (Å²) in [7, 11) is 0. The molecule has 25 heavy (non-hydrogen) atoms. The Labute approximate surface area is 148 Å². The van der Waals surface area contributed by atoms with Gasteiger partial charge in [-0.15, -0.1) is 0 Å². The zero-order chi connectivity index (χ0) is 18.5. The number of amides is 2. The lowest BCUT2D eigenvalue weighted by Crippen LogP contribution is -2.65. The van der Waals surface area contributed by atoms with E-state index in [1.807, 2.05) is 46.4 Å². The van der Waals surface area contributed by atoms with E-state index in [2.05, 4.69) is 10.2 Å². The van der Waals surface area contributed by atoms with Crippen LogP contribution in [0.25, 0.3) is 0 Å². The highest BCUT2D eigenvalue weighted by atomic mass is 16.5. The Morgan fingerprint density at radius 1 is 1.36 bits per heavy atom. The molecule has 0 aliphatic carbocycles. The number of aromatic nitrogens is 2. The van der Waals surface area contributed by atoms with Crippen LogP contribution in [0.1, 0.15) is 69.4 Å². The molecule has 1 fully saturated rings. The maximum Gasteiger partial charge on any atom is 0.275 e. The third kappa shape index (κ3) is 3.05. The van der Waals surface area contributed by atoms with Crippen LogP contribution < -0.4 is 0 Å². The number of nitrogens with one attached hydrogen (secondary N) is 1. The Kier molecular flexibility index (Phi) is 4.39. The van der Waals surface area contributed by atoms with E-state index in [0.29, 0.717) is 18.7 Å². The van der Waals surface area contributed by atoms with Crippen molar-refractivity contribution in [3.63, 3.8) is 0 Å². The molecule has 0 radical (unpaired) electrons. The van der Waals surface area contributed by atoms with Gasteiger partial charge in [0, 0.05) is 24.6 Å². The number of ether oxygens (including phenoxy) is 1. The van der Waals surface area contributed by atoms with Gasteiger partial charge in [0.25, 0.3) is 5.91 Å². The highest BCUT2D eigenvalue weighted by molar-refractivity contribution is 5.97. The van der Waals surface area contributed by atoms with Gasteiger partial charge in [-0.2, -0.15) is 5.10 Å². The normalized spacial score (nSPS) is 26.1. The monoisotopic (exact) mass is 348 g/mol. The Balaban J connectivity index is 1.87. The van der Waals surface area contributed by atoms with Gasteiger partial charge >= 0.3 is 0 Å². The largest absolute Gasteiger partial charge is 0.369 e. The number of carbonyl (C=O) groups is 2. The number of aromatic amines is 1. The molecule has 2 atom stereocenters. The summed E-state index contributed by atoms with van der Waals surface area (Å²) in [5, 5.41) is 7.22. The number of nitrogens with zero attached hydrogens (tertiary/aromatic N) is 3. The van der Waals surface area contributed by atoms with Crippen LogP contribution in [0.4, 0.5) is 0 Å². The Morgan fingerprint density at radius 2 is 2.04 bits per heavy atom. The third-order valence-electron chi connectivity index (χ3n) is 5.06. The van der Waals surface area contributed by atoms with E-state index in [4.69, 9.17) is 4.74 Å². The second-order valence-electron chi connectivity index (χ2n) is 8.09. The summed E-state index contributed by atoms with van der Waals surface area (Å²) >= 11 is 0. The fourth-order valence-corrected chi connectivity index (χ4v) is 4.31. The number of rotatable bonds is 2. The number of fused-ring (bicyclic) bond motifs is 1. The molecule has 0 spiro atoms. The van der Waals surface area contributed by atoms with E-state index in [-0.39, 0.29) is 36.6 Å². The summed E-state index contributed by atoms with van der Waals surface area (Å²) in [6.07, 6.45) is 0.590. The summed E-state index contributed by atoms with van der Waals surface area (Å²) in [5.74, 6) is -0.197. The number of carbonyl (C=O) groups excluding carboxylic acids is 2. The molecule has 2 amide bonds. The summed E-state index contributed by atoms with van der Waals surface area (Å²) in [4.78, 5) is 29.2. The van der Waals surface area contributed by atoms with Crippen molar-refractivity contribution in [2.75, 3.05) is 13.1 Å². The summed E-state index contributed by atoms with van der Waals surface area (Å²) in [6, 6.07) is 0.108. The Morgan fingerprint density at radius 3 is 2.64 bits per heavy atom. The van der Waals surface area contributed by atoms with Crippen molar-refractivity contribution in [1.29, 1.82) is 0 Å². The van der Waals surface area contributed by atoms with E-state index in [1.165, 1.54) is 0 Å². The predicted molar refractivity (Wildman–Crippen MR) is 93.2 cm³/mol. The molecule has 0 aromatic carbocycles. The van der Waals surface area contributed by atoms with Gasteiger partial charge in [-0.05, 0) is 41.5 Å². The summed E-state index contributed by atoms with van der Waals surface area (Å²) in [5.41, 5.74) is 1.82. The maximum atomic E-state index is 13.1. The summed E-state index contributed by atoms with van der Waals surface area (Å²) < 4.78 is 5.78. The van der Waals surface area contributed by atoms with Gasteiger partial charge < -0.3 is 14.5 Å². The van der Waals surface area contributed by atoms with E-state index in [9.17, 15) is 9.59 Å². The number of hydrogen-bond acceptors (Lipinski definition) is 4. The third-order valence-corrected chi connectivity index (χ3v) is 5.06. The zero-order valence-corrected chi connectivity index (χ0v) is 15.9. The quantitative estimate of drug-likeness (QED) is 0.885. The molecule has 138 valence electrons. The molecule has 1 aromatic heterocycles. The maximum absolute atomic E-state index is 13.1. The van der Waals surface area contributed by atoms with Gasteiger partial charge in [0.05, 0.1) is 23.4 Å². The lowest BCUT2D eigenvalue weighted by Gasteiger charge is -2.48. The van der Waals surface area contributed by atoms with Crippen LogP contribution in [0.5, 0.6) is 0 Å². The van der Waals surface area contributed by atoms with Crippen molar-refractivity contribution in [1.82, 2.24) is 20.0 Å². The van der Waals surface area contributed by atoms with Crippen LogP contribution >= 0.6 is 0 Å². The lowest BCUT2D eigenvalue weighted by atomic mass is 9.95. The van der Waals surface area contributed by atoms with E-state index < -0.39 is 5.54 Å². The number of hydrogen-bond donors (Lipinski definition) is 1. The van der Waals surface area contributed by atoms with Crippen LogP contribution in [-0.2, 0) is 16.0 Å². The fourth-order valence-electron chi connectivity index (χ4n) is 4.31. The van der Waals surface area contributed by atoms with Crippen molar-refractivity contribution < 1.29 is 14.3 Å². The van der Waals surface area contributed by atoms with Crippen molar-refractivity contribution in [3.8, 4) is 0 Å². The first-order chi connectivity index (χ1) is 11.6. The van der Waals surface area contributed by atoms with Gasteiger partial charge in [0.2, 0.25) is 5.91 Å². The molecule has 3 heterocycles. The predicted octanol–water partition coefficient (Wildman–Crippen LogP) is 1.90. The molecule has 0 unspecified atom stereocenters. The zero-order valence-electron chi connectivity index (χ0n) is 15.9. The van der Waals surface area contributed by atoms with Crippen molar-refractivity contribution in [3.05, 3.63) is 17.0 Å². The first-order valence-corrected chi connectivity index (χ1v) is 8.96. The molecule has 2 aliphatic rings. The molecule has 7 nitrogen and oxygen atoms in total. The number of piperazine rings is 1. The van der Waals surface area contributed by atoms with Crippen LogP contribution in [0, 0.1) is 0 Å². The second kappa shape index (κ2) is 6.12. The first-order valence-electron chi connectivity index (χ1n) is 8.96. The molecule has 1 saturated heterocycles. The van der Waals surface area contributed by atoms with Gasteiger partial charge in [-0.3, -0.25) is 14.7 Å². The average Bonchev–Trinajstić information content (AvgIpc) is 2.88. The van der Waals surface area contributed by atoms with Crippen LogP contribution in [-0.4, -0.2) is 62.6 Å². The SMILES string of the molecule is CC(C)N1C(=O)CN(C(=O)c2n[nH]c3c2C[C@H](C)O[C@@H]3C)CC1(C)C. The summed E-state index contributed by atoms with van der Waals surface area (Å²) in [6.45, 7) is 12.6. The molecule has 1 aromatic rings. The molecule has 1 N–H and O–H groups in total. The minimum absolute atomic E-state index is 0.0194.